The Morgan fingerprint density at radius 3 is 2.52 bits per heavy atom. The van der Waals surface area contributed by atoms with Crippen LogP contribution in [0, 0.1) is 21.8 Å². The monoisotopic (exact) mass is 362 g/mol. The molecule has 1 N–H and O–H groups in total. The van der Waals surface area contributed by atoms with Crippen LogP contribution < -0.4 is 5.56 Å². The number of aromatic hydroxyl groups is 1. The number of aliphatic imine (C=N–C) groups is 1. The molecule has 0 aliphatic carbocycles. The van der Waals surface area contributed by atoms with Crippen molar-refractivity contribution in [2.45, 2.75) is 33.9 Å². The van der Waals surface area contributed by atoms with Crippen molar-refractivity contribution in [1.29, 1.82) is 0 Å². The number of nitro groups is 1. The molecule has 0 fully saturated rings. The molecule has 0 aliphatic heterocycles. The number of hydrogen-bond donors (Lipinski definition) is 1. The quantitative estimate of drug-likeness (QED) is 0.381. The van der Waals surface area contributed by atoms with Gasteiger partial charge in [-0.3, -0.25) is 29.0 Å². The molecule has 9 heteroatoms. The lowest BCUT2D eigenvalue weighted by Gasteiger charge is -2.13. The van der Waals surface area contributed by atoms with E-state index < -0.39 is 10.5 Å². The van der Waals surface area contributed by atoms with E-state index in [2.05, 4.69) is 4.99 Å². The molecule has 8 nitrogen and oxygen atoms in total. The van der Waals surface area contributed by atoms with Gasteiger partial charge in [0, 0.05) is 31.4 Å². The fourth-order valence-corrected chi connectivity index (χ4v) is 2.80. The zero-order chi connectivity index (χ0) is 18.7. The summed E-state index contributed by atoms with van der Waals surface area (Å²) in [4.78, 5) is 27.1. The third kappa shape index (κ3) is 3.50. The molecule has 2 rings (SSSR count). The molecule has 1 aromatic carbocycles. The van der Waals surface area contributed by atoms with Crippen molar-refractivity contribution < 1.29 is 10.0 Å². The Bertz CT molecular complexity index is 975. The van der Waals surface area contributed by atoms with E-state index in [1.807, 2.05) is 0 Å². The van der Waals surface area contributed by atoms with E-state index in [1.54, 1.807) is 26.8 Å². The Labute approximate surface area is 148 Å². The van der Waals surface area contributed by atoms with Gasteiger partial charge in [0.2, 0.25) is 5.88 Å². The Hall–Kier alpha value is -2.81. The van der Waals surface area contributed by atoms with Crippen LogP contribution in [0.2, 0.25) is 0 Å². The van der Waals surface area contributed by atoms with Crippen molar-refractivity contribution in [2.24, 2.45) is 4.99 Å². The van der Waals surface area contributed by atoms with Crippen LogP contribution in [0.1, 0.15) is 25.0 Å². The summed E-state index contributed by atoms with van der Waals surface area (Å²) in [5, 5.41) is 21.2. The van der Waals surface area contributed by atoms with Gasteiger partial charge in [0.1, 0.15) is 5.56 Å². The SMILES string of the molecule is CCn1c(O)c(C=Nc2cc([N+](=O)[O-])ccc2C)c(=O)n(CC)c1=S. The van der Waals surface area contributed by atoms with E-state index >= 15 is 0 Å². The summed E-state index contributed by atoms with van der Waals surface area (Å²) < 4.78 is 3.03. The van der Waals surface area contributed by atoms with E-state index in [0.29, 0.717) is 24.3 Å². The average Bonchev–Trinajstić information content (AvgIpc) is 2.56. The molecular weight excluding hydrogens is 344 g/mol. The summed E-state index contributed by atoms with van der Waals surface area (Å²) in [6.07, 6.45) is 1.22. The maximum absolute atomic E-state index is 12.5. The highest BCUT2D eigenvalue weighted by Crippen LogP contribution is 2.24. The molecule has 1 aromatic heterocycles. The lowest BCUT2D eigenvalue weighted by atomic mass is 10.2. The summed E-state index contributed by atoms with van der Waals surface area (Å²) in [7, 11) is 0. The number of nitro benzene ring substituents is 1. The van der Waals surface area contributed by atoms with E-state index in [1.165, 1.54) is 27.5 Å². The van der Waals surface area contributed by atoms with Gasteiger partial charge in [0.25, 0.3) is 11.2 Å². The second-order valence-electron chi connectivity index (χ2n) is 5.30. The number of nitrogens with zero attached hydrogens (tertiary/aromatic N) is 4. The number of rotatable bonds is 5. The molecule has 0 amide bonds. The highest BCUT2D eigenvalue weighted by Gasteiger charge is 2.14. The van der Waals surface area contributed by atoms with Crippen LogP contribution in [0.4, 0.5) is 11.4 Å². The van der Waals surface area contributed by atoms with Crippen molar-refractivity contribution >= 4 is 29.8 Å². The first-order chi connectivity index (χ1) is 11.8. The average molecular weight is 362 g/mol. The second kappa shape index (κ2) is 7.39. The maximum Gasteiger partial charge on any atom is 0.271 e. The van der Waals surface area contributed by atoms with Crippen LogP contribution in [0.5, 0.6) is 5.88 Å². The number of hydrogen-bond acceptors (Lipinski definition) is 6. The molecule has 1 heterocycles. The van der Waals surface area contributed by atoms with Gasteiger partial charge in [-0.15, -0.1) is 0 Å². The van der Waals surface area contributed by atoms with Gasteiger partial charge in [0.15, 0.2) is 4.77 Å². The normalized spacial score (nSPS) is 11.2. The molecule has 0 saturated heterocycles. The molecule has 132 valence electrons. The highest BCUT2D eigenvalue weighted by molar-refractivity contribution is 7.71. The molecule has 25 heavy (non-hydrogen) atoms. The molecule has 0 bridgehead atoms. The summed E-state index contributed by atoms with van der Waals surface area (Å²) >= 11 is 5.22. The number of aromatic nitrogens is 2. The summed E-state index contributed by atoms with van der Waals surface area (Å²) in [5.74, 6) is -0.269. The number of benzene rings is 1. The van der Waals surface area contributed by atoms with Crippen LogP contribution in [-0.2, 0) is 13.1 Å². The van der Waals surface area contributed by atoms with Gasteiger partial charge in [-0.2, -0.15) is 0 Å². The molecule has 2 aromatic rings. The molecular formula is C16H18N4O4S. The molecule has 0 unspecified atom stereocenters. The smallest absolute Gasteiger partial charge is 0.271 e. The molecule has 0 aliphatic rings. The summed E-state index contributed by atoms with van der Waals surface area (Å²) in [6, 6.07) is 4.27. The van der Waals surface area contributed by atoms with Crippen molar-refractivity contribution in [1.82, 2.24) is 9.13 Å². The van der Waals surface area contributed by atoms with Gasteiger partial charge in [-0.05, 0) is 38.6 Å². The fraction of sp³-hybridized carbons (Fsp3) is 0.312. The van der Waals surface area contributed by atoms with Gasteiger partial charge >= 0.3 is 0 Å². The van der Waals surface area contributed by atoms with Crippen LogP contribution in [0.25, 0.3) is 0 Å². The predicted molar refractivity (Wildman–Crippen MR) is 97.6 cm³/mol. The Morgan fingerprint density at radius 2 is 1.96 bits per heavy atom. The fourth-order valence-electron chi connectivity index (χ4n) is 2.37. The molecule has 0 radical (unpaired) electrons. The van der Waals surface area contributed by atoms with Crippen molar-refractivity contribution in [3.8, 4) is 5.88 Å². The van der Waals surface area contributed by atoms with E-state index in [4.69, 9.17) is 12.2 Å². The highest BCUT2D eigenvalue weighted by atomic mass is 32.1. The Morgan fingerprint density at radius 1 is 1.32 bits per heavy atom. The lowest BCUT2D eigenvalue weighted by Crippen LogP contribution is -2.27. The Kier molecular flexibility index (Phi) is 5.48. The first kappa shape index (κ1) is 18.5. The van der Waals surface area contributed by atoms with Crippen LogP contribution in [-0.4, -0.2) is 25.4 Å². The molecule has 0 saturated carbocycles. The van der Waals surface area contributed by atoms with Crippen LogP contribution in [0.15, 0.2) is 28.0 Å². The number of aryl methyl sites for hydroxylation is 1. The van der Waals surface area contributed by atoms with Gasteiger partial charge < -0.3 is 5.11 Å². The van der Waals surface area contributed by atoms with E-state index in [0.717, 1.165) is 0 Å². The standard InChI is InChI=1S/C16H18N4O4S/c1-4-18-14(21)12(15(22)19(5-2)16(18)25)9-17-13-8-11(20(23)24)7-6-10(13)3/h6-9,21H,4-5H2,1-3H3. The van der Waals surface area contributed by atoms with Gasteiger partial charge in [-0.25, -0.2) is 0 Å². The van der Waals surface area contributed by atoms with Crippen molar-refractivity contribution in [3.05, 3.63) is 54.6 Å². The first-order valence-corrected chi connectivity index (χ1v) is 8.08. The van der Waals surface area contributed by atoms with E-state index in [-0.39, 0.29) is 21.9 Å². The minimum Gasteiger partial charge on any atom is -0.494 e. The topological polar surface area (TPSA) is 103 Å². The maximum atomic E-state index is 12.5. The van der Waals surface area contributed by atoms with Crippen molar-refractivity contribution in [2.75, 3.05) is 0 Å². The Balaban J connectivity index is 2.63. The minimum absolute atomic E-state index is 0.0109. The van der Waals surface area contributed by atoms with Crippen LogP contribution >= 0.6 is 12.2 Å². The van der Waals surface area contributed by atoms with Gasteiger partial charge in [-0.1, -0.05) is 6.07 Å². The van der Waals surface area contributed by atoms with Gasteiger partial charge in [0.05, 0.1) is 10.6 Å². The minimum atomic E-state index is -0.517. The largest absolute Gasteiger partial charge is 0.494 e. The summed E-state index contributed by atoms with van der Waals surface area (Å²) in [6.45, 7) is 6.07. The third-order valence-corrected chi connectivity index (χ3v) is 4.24. The first-order valence-electron chi connectivity index (χ1n) is 7.67. The van der Waals surface area contributed by atoms with Crippen LogP contribution in [0.3, 0.4) is 0 Å². The lowest BCUT2D eigenvalue weighted by molar-refractivity contribution is -0.384. The third-order valence-electron chi connectivity index (χ3n) is 3.80. The number of non-ortho nitro benzene ring substituents is 1. The van der Waals surface area contributed by atoms with Crippen molar-refractivity contribution in [3.63, 3.8) is 0 Å². The second-order valence-corrected chi connectivity index (χ2v) is 5.66. The molecule has 0 atom stereocenters. The zero-order valence-electron chi connectivity index (χ0n) is 14.1. The molecule has 0 spiro atoms. The van der Waals surface area contributed by atoms with E-state index in [9.17, 15) is 20.0 Å². The predicted octanol–water partition coefficient (Wildman–Crippen LogP) is 3.09. The zero-order valence-corrected chi connectivity index (χ0v) is 14.9. The summed E-state index contributed by atoms with van der Waals surface area (Å²) in [5.41, 5.74) is 0.490.